The predicted octanol–water partition coefficient (Wildman–Crippen LogP) is 3.22. The number of nitrogens with zero attached hydrogens (tertiary/aromatic N) is 1. The van der Waals surface area contributed by atoms with Crippen molar-refractivity contribution < 1.29 is 8.42 Å². The van der Waals surface area contributed by atoms with E-state index in [2.05, 4.69) is 11.6 Å². The average molecular weight is 288 g/mol. The first-order valence-corrected chi connectivity index (χ1v) is 7.69. The third-order valence-electron chi connectivity index (χ3n) is 2.22. The fourth-order valence-corrected chi connectivity index (χ4v) is 4.29. The summed E-state index contributed by atoms with van der Waals surface area (Å²) < 4.78 is 25.0. The molecule has 6 heteroatoms. The molecule has 0 aliphatic heterocycles. The summed E-state index contributed by atoms with van der Waals surface area (Å²) in [6.45, 7) is 5.28. The molecule has 17 heavy (non-hydrogen) atoms. The Labute approximate surface area is 109 Å². The van der Waals surface area contributed by atoms with Gasteiger partial charge in [-0.25, -0.2) is 13.4 Å². The highest BCUT2D eigenvalue weighted by Crippen LogP contribution is 2.33. The number of thiazole rings is 1. The number of fused-ring (bicyclic) bond motifs is 1. The van der Waals surface area contributed by atoms with Crippen LogP contribution in [0, 0.1) is 6.92 Å². The predicted molar refractivity (Wildman–Crippen MR) is 71.6 cm³/mol. The van der Waals surface area contributed by atoms with Gasteiger partial charge in [0.05, 0.1) is 20.5 Å². The quantitative estimate of drug-likeness (QED) is 0.814. The summed E-state index contributed by atoms with van der Waals surface area (Å²) in [5.74, 6) is -0.137. The van der Waals surface area contributed by atoms with Crippen LogP contribution < -0.4 is 0 Å². The summed E-state index contributed by atoms with van der Waals surface area (Å²) in [5.41, 5.74) is 0.460. The number of rotatable bonds is 3. The molecule has 0 radical (unpaired) electrons. The minimum atomic E-state index is -3.46. The van der Waals surface area contributed by atoms with Crippen molar-refractivity contribution in [2.45, 2.75) is 11.8 Å². The Balaban J connectivity index is 2.83. The Bertz CT molecular complexity index is 689. The third-order valence-corrected chi connectivity index (χ3v) is 5.29. The summed E-state index contributed by atoms with van der Waals surface area (Å²) in [4.78, 5) is 4.36. The largest absolute Gasteiger partial charge is 0.240 e. The average Bonchev–Trinajstić information content (AvgIpc) is 2.57. The zero-order chi connectivity index (χ0) is 12.6. The molecule has 0 unspecified atom stereocenters. The van der Waals surface area contributed by atoms with E-state index in [0.29, 0.717) is 5.52 Å². The summed E-state index contributed by atoms with van der Waals surface area (Å²) in [7, 11) is -3.46. The standard InChI is InChI=1S/C11H10ClNO2S2/c1-3-6-17(14,15)11-8(12)4-5-9-10(11)13-7(2)16-9/h3-5H,1,6H2,2H3. The van der Waals surface area contributed by atoms with Crippen molar-refractivity contribution in [2.24, 2.45) is 0 Å². The van der Waals surface area contributed by atoms with E-state index in [4.69, 9.17) is 11.6 Å². The molecule has 0 aliphatic rings. The first-order valence-electron chi connectivity index (χ1n) is 4.85. The maximum atomic E-state index is 12.1. The van der Waals surface area contributed by atoms with Crippen molar-refractivity contribution in [1.82, 2.24) is 4.98 Å². The molecule has 0 amide bonds. The Kier molecular flexibility index (Phi) is 3.25. The van der Waals surface area contributed by atoms with Gasteiger partial charge < -0.3 is 0 Å². The molecular formula is C11H10ClNO2S2. The minimum absolute atomic E-state index is 0.112. The van der Waals surface area contributed by atoms with Crippen LogP contribution in [0.3, 0.4) is 0 Å². The van der Waals surface area contributed by atoms with Gasteiger partial charge in [-0.1, -0.05) is 17.7 Å². The molecule has 2 rings (SSSR count). The highest BCUT2D eigenvalue weighted by Gasteiger charge is 2.22. The maximum absolute atomic E-state index is 12.1. The number of sulfone groups is 1. The molecule has 1 aromatic heterocycles. The van der Waals surface area contributed by atoms with Crippen LogP contribution in [0.1, 0.15) is 5.01 Å². The lowest BCUT2D eigenvalue weighted by molar-refractivity contribution is 0.600. The lowest BCUT2D eigenvalue weighted by atomic mass is 10.3. The molecule has 0 fully saturated rings. The third kappa shape index (κ3) is 2.22. The molecule has 1 aromatic carbocycles. The maximum Gasteiger partial charge on any atom is 0.185 e. The van der Waals surface area contributed by atoms with Crippen molar-refractivity contribution >= 4 is 43.0 Å². The second-order valence-electron chi connectivity index (χ2n) is 3.53. The molecule has 0 saturated heterocycles. The summed E-state index contributed by atoms with van der Waals surface area (Å²) in [5, 5.41) is 1.03. The minimum Gasteiger partial charge on any atom is -0.240 e. The van der Waals surface area contributed by atoms with Crippen LogP contribution in [0.15, 0.2) is 29.7 Å². The van der Waals surface area contributed by atoms with Crippen LogP contribution >= 0.6 is 22.9 Å². The van der Waals surface area contributed by atoms with Crippen LogP contribution in [0.25, 0.3) is 10.2 Å². The zero-order valence-electron chi connectivity index (χ0n) is 9.10. The lowest BCUT2D eigenvalue weighted by Crippen LogP contribution is -2.06. The van der Waals surface area contributed by atoms with Gasteiger partial charge in [0.15, 0.2) is 9.84 Å². The molecule has 0 saturated carbocycles. The summed E-state index contributed by atoms with van der Waals surface area (Å²) in [6.07, 6.45) is 1.35. The van der Waals surface area contributed by atoms with E-state index >= 15 is 0 Å². The van der Waals surface area contributed by atoms with Crippen molar-refractivity contribution in [2.75, 3.05) is 5.75 Å². The van der Waals surface area contributed by atoms with Gasteiger partial charge in [-0.05, 0) is 19.1 Å². The van der Waals surface area contributed by atoms with Crippen LogP contribution in [0.4, 0.5) is 0 Å². The van der Waals surface area contributed by atoms with Gasteiger partial charge >= 0.3 is 0 Å². The molecular weight excluding hydrogens is 278 g/mol. The molecule has 90 valence electrons. The topological polar surface area (TPSA) is 47.0 Å². The van der Waals surface area contributed by atoms with E-state index in [1.165, 1.54) is 17.4 Å². The number of halogens is 1. The fourth-order valence-electron chi connectivity index (χ4n) is 1.59. The lowest BCUT2D eigenvalue weighted by Gasteiger charge is -2.04. The highest BCUT2D eigenvalue weighted by molar-refractivity contribution is 7.92. The highest BCUT2D eigenvalue weighted by atomic mass is 35.5. The summed E-state index contributed by atoms with van der Waals surface area (Å²) >= 11 is 7.43. The fraction of sp³-hybridized carbons (Fsp3) is 0.182. The second kappa shape index (κ2) is 4.40. The Morgan fingerprint density at radius 2 is 2.24 bits per heavy atom. The van der Waals surface area contributed by atoms with Crippen LogP contribution in [-0.4, -0.2) is 19.2 Å². The first kappa shape index (κ1) is 12.5. The van der Waals surface area contributed by atoms with Gasteiger partial charge in [0.25, 0.3) is 0 Å². The zero-order valence-corrected chi connectivity index (χ0v) is 11.5. The summed E-state index contributed by atoms with van der Waals surface area (Å²) in [6, 6.07) is 3.38. The van der Waals surface area contributed by atoms with Crippen molar-refractivity contribution in [3.8, 4) is 0 Å². The number of aromatic nitrogens is 1. The van der Waals surface area contributed by atoms with E-state index in [9.17, 15) is 8.42 Å². The van der Waals surface area contributed by atoms with Crippen molar-refractivity contribution in [3.05, 3.63) is 34.8 Å². The smallest absolute Gasteiger partial charge is 0.185 e. The molecule has 3 nitrogen and oxygen atoms in total. The van der Waals surface area contributed by atoms with E-state index in [1.54, 1.807) is 12.1 Å². The monoisotopic (exact) mass is 287 g/mol. The van der Waals surface area contributed by atoms with Gasteiger partial charge in [0, 0.05) is 0 Å². The molecule has 0 N–H and O–H groups in total. The molecule has 2 aromatic rings. The number of benzene rings is 1. The number of aryl methyl sites for hydroxylation is 1. The van der Waals surface area contributed by atoms with Gasteiger partial charge in [-0.2, -0.15) is 0 Å². The molecule has 0 bridgehead atoms. The number of hydrogen-bond donors (Lipinski definition) is 0. The van der Waals surface area contributed by atoms with Gasteiger partial charge in [0.2, 0.25) is 0 Å². The Hall–Kier alpha value is -0.910. The Morgan fingerprint density at radius 1 is 1.53 bits per heavy atom. The van der Waals surface area contributed by atoms with Gasteiger partial charge in [0.1, 0.15) is 10.4 Å². The van der Waals surface area contributed by atoms with E-state index < -0.39 is 9.84 Å². The van der Waals surface area contributed by atoms with E-state index in [-0.39, 0.29) is 15.7 Å². The Morgan fingerprint density at radius 3 is 2.88 bits per heavy atom. The van der Waals surface area contributed by atoms with Crippen LogP contribution in [0.5, 0.6) is 0 Å². The van der Waals surface area contributed by atoms with Crippen LogP contribution in [0.2, 0.25) is 5.02 Å². The van der Waals surface area contributed by atoms with E-state index in [0.717, 1.165) is 9.71 Å². The van der Waals surface area contributed by atoms with Crippen molar-refractivity contribution in [1.29, 1.82) is 0 Å². The normalized spacial score (nSPS) is 11.9. The second-order valence-corrected chi connectivity index (χ2v) is 7.14. The first-order chi connectivity index (χ1) is 7.95. The van der Waals surface area contributed by atoms with E-state index in [1.807, 2.05) is 6.92 Å². The van der Waals surface area contributed by atoms with Crippen molar-refractivity contribution in [3.63, 3.8) is 0 Å². The number of hydrogen-bond acceptors (Lipinski definition) is 4. The van der Waals surface area contributed by atoms with Crippen LogP contribution in [-0.2, 0) is 9.84 Å². The molecule has 0 atom stereocenters. The molecule has 0 spiro atoms. The van der Waals surface area contributed by atoms with Gasteiger partial charge in [-0.3, -0.25) is 0 Å². The molecule has 0 aliphatic carbocycles. The molecule has 1 heterocycles. The SMILES string of the molecule is C=CCS(=O)(=O)c1c(Cl)ccc2sc(C)nc12. The van der Waals surface area contributed by atoms with Gasteiger partial charge in [-0.15, -0.1) is 17.9 Å².